The summed E-state index contributed by atoms with van der Waals surface area (Å²) in [6.45, 7) is 5.93. The van der Waals surface area contributed by atoms with Crippen molar-refractivity contribution in [1.29, 1.82) is 0 Å². The fourth-order valence-corrected chi connectivity index (χ4v) is 2.18. The van der Waals surface area contributed by atoms with E-state index in [0.29, 0.717) is 12.2 Å². The third-order valence-electron chi connectivity index (χ3n) is 2.64. The van der Waals surface area contributed by atoms with Gasteiger partial charge in [0.1, 0.15) is 0 Å². The number of amides is 1. The van der Waals surface area contributed by atoms with Crippen molar-refractivity contribution in [2.24, 2.45) is 11.5 Å². The van der Waals surface area contributed by atoms with E-state index in [2.05, 4.69) is 9.97 Å². The molecule has 0 saturated carbocycles. The van der Waals surface area contributed by atoms with Crippen LogP contribution in [0.15, 0.2) is 5.16 Å². The van der Waals surface area contributed by atoms with Gasteiger partial charge in [-0.15, -0.1) is 0 Å². The summed E-state index contributed by atoms with van der Waals surface area (Å²) in [5, 5.41) is 0.724. The number of thioether (sulfide) groups is 1. The number of rotatable bonds is 5. The molecular weight excluding hydrogens is 236 g/mol. The van der Waals surface area contributed by atoms with Crippen molar-refractivity contribution in [2.45, 2.75) is 38.4 Å². The maximum atomic E-state index is 10.8. The third kappa shape index (κ3) is 3.98. The van der Waals surface area contributed by atoms with Gasteiger partial charge in [0.05, 0.1) is 6.04 Å². The number of nitrogens with zero attached hydrogens (tertiary/aromatic N) is 2. The van der Waals surface area contributed by atoms with Crippen LogP contribution >= 0.6 is 11.8 Å². The molecular formula is C11H18N4OS. The maximum Gasteiger partial charge on any atom is 0.234 e. The van der Waals surface area contributed by atoms with E-state index in [9.17, 15) is 4.79 Å². The quantitative estimate of drug-likeness (QED) is 0.595. The predicted octanol–water partition coefficient (Wildman–Crippen LogP) is 0.697. The Balaban J connectivity index is 2.56. The first kappa shape index (κ1) is 13.9. The van der Waals surface area contributed by atoms with Crippen molar-refractivity contribution in [3.63, 3.8) is 0 Å². The number of nitrogens with two attached hydrogens (primary N) is 2. The summed E-state index contributed by atoms with van der Waals surface area (Å²) in [6, 6.07) is -0.588. The zero-order chi connectivity index (χ0) is 13.0. The zero-order valence-electron chi connectivity index (χ0n) is 10.4. The van der Waals surface area contributed by atoms with Crippen LogP contribution in [0.1, 0.15) is 23.4 Å². The van der Waals surface area contributed by atoms with E-state index in [0.717, 1.165) is 22.1 Å². The maximum absolute atomic E-state index is 10.8. The Bertz CT molecular complexity index is 399. The van der Waals surface area contributed by atoms with Crippen molar-refractivity contribution in [2.75, 3.05) is 5.75 Å². The molecule has 0 aromatic carbocycles. The first-order valence-electron chi connectivity index (χ1n) is 5.41. The van der Waals surface area contributed by atoms with E-state index in [1.165, 1.54) is 11.8 Å². The number of aromatic nitrogens is 2. The second-order valence-corrected chi connectivity index (χ2v) is 5.01. The Morgan fingerprint density at radius 1 is 1.29 bits per heavy atom. The summed E-state index contributed by atoms with van der Waals surface area (Å²) in [4.78, 5) is 19.5. The molecule has 0 saturated heterocycles. The molecule has 1 amide bonds. The molecule has 5 nitrogen and oxygen atoms in total. The molecule has 1 heterocycles. The molecule has 17 heavy (non-hydrogen) atoms. The Kier molecular flexibility index (Phi) is 4.89. The van der Waals surface area contributed by atoms with E-state index >= 15 is 0 Å². The second kappa shape index (κ2) is 5.97. The topological polar surface area (TPSA) is 94.9 Å². The number of hydrogen-bond acceptors (Lipinski definition) is 5. The first-order valence-corrected chi connectivity index (χ1v) is 6.40. The van der Waals surface area contributed by atoms with Crippen molar-refractivity contribution in [3.8, 4) is 0 Å². The van der Waals surface area contributed by atoms with Crippen molar-refractivity contribution in [1.82, 2.24) is 9.97 Å². The van der Waals surface area contributed by atoms with Crippen LogP contribution in [0, 0.1) is 20.8 Å². The fourth-order valence-electron chi connectivity index (χ4n) is 1.23. The van der Waals surface area contributed by atoms with Crippen LogP contribution in [-0.2, 0) is 4.79 Å². The predicted molar refractivity (Wildman–Crippen MR) is 68.8 cm³/mol. The molecule has 0 bridgehead atoms. The van der Waals surface area contributed by atoms with E-state index in [1.807, 2.05) is 20.8 Å². The van der Waals surface area contributed by atoms with Gasteiger partial charge in [-0.2, -0.15) is 0 Å². The van der Waals surface area contributed by atoms with Crippen molar-refractivity contribution in [3.05, 3.63) is 17.0 Å². The molecule has 1 unspecified atom stereocenters. The summed E-state index contributed by atoms with van der Waals surface area (Å²) in [7, 11) is 0. The Morgan fingerprint density at radius 2 is 1.82 bits per heavy atom. The molecule has 0 aliphatic heterocycles. The highest BCUT2D eigenvalue weighted by Gasteiger charge is 2.10. The third-order valence-corrected chi connectivity index (χ3v) is 3.52. The van der Waals surface area contributed by atoms with Crippen LogP contribution in [0.25, 0.3) is 0 Å². The molecule has 0 radical (unpaired) electrons. The smallest absolute Gasteiger partial charge is 0.234 e. The van der Waals surface area contributed by atoms with Gasteiger partial charge in [-0.1, -0.05) is 11.8 Å². The monoisotopic (exact) mass is 254 g/mol. The minimum absolute atomic E-state index is 0.470. The van der Waals surface area contributed by atoms with E-state index in [1.54, 1.807) is 0 Å². The number of aryl methyl sites for hydroxylation is 2. The van der Waals surface area contributed by atoms with Crippen LogP contribution in [0.4, 0.5) is 0 Å². The Morgan fingerprint density at radius 3 is 2.29 bits per heavy atom. The SMILES string of the molecule is Cc1nc(SCCC(N)C(N)=O)nc(C)c1C. The molecule has 4 N–H and O–H groups in total. The molecule has 0 fully saturated rings. The lowest BCUT2D eigenvalue weighted by molar-refractivity contribution is -0.119. The lowest BCUT2D eigenvalue weighted by Gasteiger charge is -2.08. The molecule has 0 aliphatic carbocycles. The summed E-state index contributed by atoms with van der Waals surface area (Å²) in [6.07, 6.45) is 0.537. The normalized spacial score (nSPS) is 12.5. The number of carbonyl (C=O) groups excluding carboxylic acids is 1. The van der Waals surface area contributed by atoms with E-state index in [-0.39, 0.29) is 0 Å². The average Bonchev–Trinajstić information content (AvgIpc) is 2.25. The van der Waals surface area contributed by atoms with Crippen LogP contribution < -0.4 is 11.5 Å². The van der Waals surface area contributed by atoms with Gasteiger partial charge in [-0.05, 0) is 32.8 Å². The van der Waals surface area contributed by atoms with Gasteiger partial charge in [0.25, 0.3) is 0 Å². The summed E-state index contributed by atoms with van der Waals surface area (Å²) < 4.78 is 0. The zero-order valence-corrected chi connectivity index (χ0v) is 11.2. The van der Waals surface area contributed by atoms with Crippen LogP contribution in [0.5, 0.6) is 0 Å². The van der Waals surface area contributed by atoms with Gasteiger partial charge < -0.3 is 11.5 Å². The van der Waals surface area contributed by atoms with Gasteiger partial charge in [-0.25, -0.2) is 9.97 Å². The fraction of sp³-hybridized carbons (Fsp3) is 0.545. The highest BCUT2D eigenvalue weighted by atomic mass is 32.2. The lowest BCUT2D eigenvalue weighted by Crippen LogP contribution is -2.36. The highest BCUT2D eigenvalue weighted by Crippen LogP contribution is 2.18. The van der Waals surface area contributed by atoms with E-state index < -0.39 is 11.9 Å². The molecule has 1 rings (SSSR count). The molecule has 0 spiro atoms. The molecule has 6 heteroatoms. The Labute approximate surface area is 105 Å². The van der Waals surface area contributed by atoms with Crippen molar-refractivity contribution >= 4 is 17.7 Å². The minimum Gasteiger partial charge on any atom is -0.368 e. The van der Waals surface area contributed by atoms with Crippen LogP contribution in [0.2, 0.25) is 0 Å². The molecule has 1 atom stereocenters. The van der Waals surface area contributed by atoms with Gasteiger partial charge >= 0.3 is 0 Å². The van der Waals surface area contributed by atoms with Gasteiger partial charge in [0, 0.05) is 17.1 Å². The number of hydrogen-bond donors (Lipinski definition) is 2. The minimum atomic E-state index is -0.588. The second-order valence-electron chi connectivity index (χ2n) is 3.95. The van der Waals surface area contributed by atoms with Gasteiger partial charge in [0.2, 0.25) is 5.91 Å². The summed E-state index contributed by atoms with van der Waals surface area (Å²) in [5.74, 6) is 0.217. The number of primary amides is 1. The largest absolute Gasteiger partial charge is 0.368 e. The number of carbonyl (C=O) groups is 1. The lowest BCUT2D eigenvalue weighted by atomic mass is 10.2. The van der Waals surface area contributed by atoms with Crippen molar-refractivity contribution < 1.29 is 4.79 Å². The molecule has 94 valence electrons. The van der Waals surface area contributed by atoms with Gasteiger partial charge in [-0.3, -0.25) is 4.79 Å². The van der Waals surface area contributed by atoms with Crippen LogP contribution in [0.3, 0.4) is 0 Å². The molecule has 0 aliphatic rings. The van der Waals surface area contributed by atoms with Crippen LogP contribution in [-0.4, -0.2) is 27.7 Å². The Hall–Kier alpha value is -1.14. The standard InChI is InChI=1S/C11H18N4OS/c1-6-7(2)14-11(15-8(6)3)17-5-4-9(12)10(13)16/h9H,4-5,12H2,1-3H3,(H2,13,16). The van der Waals surface area contributed by atoms with Gasteiger partial charge in [0.15, 0.2) is 5.16 Å². The molecule has 1 aromatic rings. The molecule has 1 aromatic heterocycles. The summed E-state index contributed by atoms with van der Waals surface area (Å²) >= 11 is 1.49. The summed E-state index contributed by atoms with van der Waals surface area (Å²) in [5.41, 5.74) is 13.7. The van der Waals surface area contributed by atoms with E-state index in [4.69, 9.17) is 11.5 Å². The average molecular weight is 254 g/mol. The highest BCUT2D eigenvalue weighted by molar-refractivity contribution is 7.99. The first-order chi connectivity index (χ1) is 7.91.